The van der Waals surface area contributed by atoms with E-state index in [0.717, 1.165) is 11.3 Å². The van der Waals surface area contributed by atoms with Gasteiger partial charge in [-0.15, -0.1) is 0 Å². The number of amides is 2. The summed E-state index contributed by atoms with van der Waals surface area (Å²) in [6, 6.07) is 14.8. The van der Waals surface area contributed by atoms with Gasteiger partial charge in [0.05, 0.1) is 0 Å². The molecule has 6 nitrogen and oxygen atoms in total. The molecular formula is C19H20N2O4. The molecule has 130 valence electrons. The van der Waals surface area contributed by atoms with E-state index in [1.54, 1.807) is 12.1 Å². The molecule has 1 aliphatic heterocycles. The number of rotatable bonds is 5. The van der Waals surface area contributed by atoms with Crippen LogP contribution in [-0.2, 0) is 9.59 Å². The highest BCUT2D eigenvalue weighted by atomic mass is 16.6. The number of carbonyl (C=O) groups excluding carboxylic acids is 2. The molecule has 2 amide bonds. The predicted molar refractivity (Wildman–Crippen MR) is 93.8 cm³/mol. The first-order valence-electron chi connectivity index (χ1n) is 8.15. The predicted octanol–water partition coefficient (Wildman–Crippen LogP) is 2.28. The normalized spacial score (nSPS) is 15.3. The van der Waals surface area contributed by atoms with Crippen molar-refractivity contribution in [3.8, 4) is 11.5 Å². The summed E-state index contributed by atoms with van der Waals surface area (Å²) in [6.45, 7) is 2.31. The number of nitrogens with one attached hydrogen (secondary N) is 2. The quantitative estimate of drug-likeness (QED) is 0.875. The molecule has 25 heavy (non-hydrogen) atoms. The lowest BCUT2D eigenvalue weighted by molar-refractivity contribution is -0.130. The van der Waals surface area contributed by atoms with E-state index in [4.69, 9.17) is 9.47 Å². The fraction of sp³-hybridized carbons (Fsp3) is 0.263. The second-order valence-corrected chi connectivity index (χ2v) is 5.77. The van der Waals surface area contributed by atoms with Gasteiger partial charge in [-0.25, -0.2) is 0 Å². The molecule has 2 aromatic carbocycles. The molecule has 0 unspecified atom stereocenters. The van der Waals surface area contributed by atoms with Crippen molar-refractivity contribution >= 4 is 17.5 Å². The van der Waals surface area contributed by atoms with Crippen LogP contribution in [0.1, 0.15) is 12.0 Å². The first kappa shape index (κ1) is 16.8. The number of hydrogen-bond donors (Lipinski definition) is 2. The van der Waals surface area contributed by atoms with Crippen LogP contribution in [0.15, 0.2) is 48.5 Å². The molecule has 0 aliphatic carbocycles. The second-order valence-electron chi connectivity index (χ2n) is 5.77. The molecule has 0 spiro atoms. The topological polar surface area (TPSA) is 76.7 Å². The highest BCUT2D eigenvalue weighted by molar-refractivity contribution is 5.92. The van der Waals surface area contributed by atoms with E-state index in [0.29, 0.717) is 11.5 Å². The van der Waals surface area contributed by atoms with Crippen LogP contribution < -0.4 is 20.1 Å². The molecule has 2 N–H and O–H groups in total. The average molecular weight is 340 g/mol. The summed E-state index contributed by atoms with van der Waals surface area (Å²) in [7, 11) is 0. The lowest BCUT2D eigenvalue weighted by atomic mass is 10.2. The van der Waals surface area contributed by atoms with Crippen LogP contribution in [-0.4, -0.2) is 31.1 Å². The van der Waals surface area contributed by atoms with Crippen molar-refractivity contribution in [2.75, 3.05) is 18.5 Å². The highest BCUT2D eigenvalue weighted by Gasteiger charge is 2.26. The largest absolute Gasteiger partial charge is 0.485 e. The molecule has 1 atom stereocenters. The highest BCUT2D eigenvalue weighted by Crippen LogP contribution is 2.30. The molecule has 0 radical (unpaired) electrons. The summed E-state index contributed by atoms with van der Waals surface area (Å²) in [6.07, 6.45) is -0.529. The number of hydrogen-bond acceptors (Lipinski definition) is 4. The maximum atomic E-state index is 12.2. The third-order valence-corrected chi connectivity index (χ3v) is 3.87. The number of aryl methyl sites for hydroxylation is 1. The zero-order valence-electron chi connectivity index (χ0n) is 14.0. The van der Waals surface area contributed by atoms with Crippen molar-refractivity contribution in [1.29, 1.82) is 0 Å². The van der Waals surface area contributed by atoms with E-state index < -0.39 is 6.10 Å². The van der Waals surface area contributed by atoms with Crippen molar-refractivity contribution in [3.63, 3.8) is 0 Å². The minimum Gasteiger partial charge on any atom is -0.485 e. The number of fused-ring (bicyclic) bond motifs is 1. The number of benzene rings is 2. The van der Waals surface area contributed by atoms with Crippen molar-refractivity contribution in [1.82, 2.24) is 5.32 Å². The van der Waals surface area contributed by atoms with Gasteiger partial charge in [0.25, 0.3) is 5.91 Å². The molecule has 1 heterocycles. The zero-order valence-corrected chi connectivity index (χ0v) is 14.0. The third-order valence-electron chi connectivity index (χ3n) is 3.87. The van der Waals surface area contributed by atoms with Gasteiger partial charge in [-0.3, -0.25) is 9.59 Å². The van der Waals surface area contributed by atoms with E-state index in [2.05, 4.69) is 10.6 Å². The van der Waals surface area contributed by atoms with E-state index in [1.807, 2.05) is 43.3 Å². The van der Waals surface area contributed by atoms with Crippen LogP contribution in [0.4, 0.5) is 5.69 Å². The third kappa shape index (κ3) is 4.29. The number of para-hydroxylation sites is 3. The van der Waals surface area contributed by atoms with E-state index >= 15 is 0 Å². The standard InChI is InChI=1S/C19H20N2O4/c1-13-6-2-3-7-14(13)21-18(22)10-11-20-19(23)17-12-24-15-8-4-5-9-16(15)25-17/h2-9,17H,10-12H2,1H3,(H,20,23)(H,21,22)/t17-/m0/s1. The van der Waals surface area contributed by atoms with Crippen molar-refractivity contribution in [3.05, 3.63) is 54.1 Å². The second kappa shape index (κ2) is 7.70. The van der Waals surface area contributed by atoms with Gasteiger partial charge in [0.2, 0.25) is 12.0 Å². The Balaban J connectivity index is 1.44. The summed E-state index contributed by atoms with van der Waals surface area (Å²) in [5, 5.41) is 5.54. The molecule has 0 saturated carbocycles. The fourth-order valence-electron chi connectivity index (χ4n) is 2.49. The Morgan fingerprint density at radius 2 is 1.80 bits per heavy atom. The van der Waals surface area contributed by atoms with Crippen LogP contribution in [0.5, 0.6) is 11.5 Å². The summed E-state index contributed by atoms with van der Waals surface area (Å²) in [5.41, 5.74) is 1.77. The smallest absolute Gasteiger partial charge is 0.264 e. The first-order valence-corrected chi connectivity index (χ1v) is 8.15. The van der Waals surface area contributed by atoms with Crippen LogP contribution in [0.2, 0.25) is 0 Å². The van der Waals surface area contributed by atoms with Gasteiger partial charge < -0.3 is 20.1 Å². The molecule has 1 aliphatic rings. The maximum Gasteiger partial charge on any atom is 0.264 e. The van der Waals surface area contributed by atoms with Crippen molar-refractivity contribution in [2.45, 2.75) is 19.4 Å². The summed E-state index contributed by atoms with van der Waals surface area (Å²) in [4.78, 5) is 24.1. The van der Waals surface area contributed by atoms with Crippen LogP contribution in [0, 0.1) is 6.92 Å². The molecule has 0 aromatic heterocycles. The zero-order chi connectivity index (χ0) is 17.6. The number of anilines is 1. The van der Waals surface area contributed by atoms with E-state index in [9.17, 15) is 9.59 Å². The van der Waals surface area contributed by atoms with Crippen LogP contribution in [0.3, 0.4) is 0 Å². The van der Waals surface area contributed by atoms with Gasteiger partial charge in [-0.05, 0) is 30.7 Å². The van der Waals surface area contributed by atoms with Gasteiger partial charge >= 0.3 is 0 Å². The van der Waals surface area contributed by atoms with E-state index in [1.165, 1.54) is 0 Å². The lowest BCUT2D eigenvalue weighted by Crippen LogP contribution is -2.44. The van der Waals surface area contributed by atoms with Gasteiger partial charge in [-0.1, -0.05) is 30.3 Å². The number of ether oxygens (including phenoxy) is 2. The Hall–Kier alpha value is -3.02. The van der Waals surface area contributed by atoms with Gasteiger partial charge in [-0.2, -0.15) is 0 Å². The maximum absolute atomic E-state index is 12.2. The minimum atomic E-state index is -0.714. The molecule has 6 heteroatoms. The Bertz CT molecular complexity index is 776. The van der Waals surface area contributed by atoms with Gasteiger partial charge in [0, 0.05) is 18.7 Å². The van der Waals surface area contributed by atoms with Crippen molar-refractivity contribution in [2.24, 2.45) is 0 Å². The first-order chi connectivity index (χ1) is 12.1. The summed E-state index contributed by atoms with van der Waals surface area (Å²) in [5.74, 6) is 0.731. The Morgan fingerprint density at radius 3 is 2.60 bits per heavy atom. The monoisotopic (exact) mass is 340 g/mol. The lowest BCUT2D eigenvalue weighted by Gasteiger charge is -2.25. The Morgan fingerprint density at radius 1 is 1.08 bits per heavy atom. The molecule has 0 fully saturated rings. The molecule has 0 bridgehead atoms. The molecule has 2 aromatic rings. The summed E-state index contributed by atoms with van der Waals surface area (Å²) < 4.78 is 11.1. The van der Waals surface area contributed by atoms with Gasteiger partial charge in [0.15, 0.2) is 11.5 Å². The number of carbonyl (C=O) groups is 2. The van der Waals surface area contributed by atoms with Crippen LogP contribution >= 0.6 is 0 Å². The average Bonchev–Trinajstić information content (AvgIpc) is 2.63. The fourth-order valence-corrected chi connectivity index (χ4v) is 2.49. The molecule has 0 saturated heterocycles. The Labute approximate surface area is 146 Å². The summed E-state index contributed by atoms with van der Waals surface area (Å²) >= 11 is 0. The molecule has 3 rings (SSSR count). The molecular weight excluding hydrogens is 320 g/mol. The Kier molecular flexibility index (Phi) is 5.18. The van der Waals surface area contributed by atoms with E-state index in [-0.39, 0.29) is 31.4 Å². The van der Waals surface area contributed by atoms with Gasteiger partial charge in [0.1, 0.15) is 6.61 Å². The SMILES string of the molecule is Cc1ccccc1NC(=O)CCNC(=O)[C@@H]1COc2ccccc2O1. The van der Waals surface area contributed by atoms with Crippen LogP contribution in [0.25, 0.3) is 0 Å². The van der Waals surface area contributed by atoms with Crippen molar-refractivity contribution < 1.29 is 19.1 Å². The minimum absolute atomic E-state index is 0.151.